The summed E-state index contributed by atoms with van der Waals surface area (Å²) in [5.41, 5.74) is 0. The summed E-state index contributed by atoms with van der Waals surface area (Å²) >= 11 is 0. The molecule has 0 rings (SSSR count). The highest BCUT2D eigenvalue weighted by molar-refractivity contribution is 7.45. The average Bonchev–Trinajstić information content (AvgIpc) is 3.42. The second kappa shape index (κ2) is 59.5. The third-order valence-corrected chi connectivity index (χ3v) is 13.8. The summed E-state index contributed by atoms with van der Waals surface area (Å²) in [7, 11) is 1.14. The van der Waals surface area contributed by atoms with Crippen molar-refractivity contribution in [3.05, 3.63) is 146 Å². The number of nitrogens with zero attached hydrogens (tertiary/aromatic N) is 1. The van der Waals surface area contributed by atoms with Gasteiger partial charge in [0.2, 0.25) is 0 Å². The number of ether oxygens (including phenoxy) is 2. The topological polar surface area (TPSA) is 111 Å². The van der Waals surface area contributed by atoms with E-state index >= 15 is 0 Å². The van der Waals surface area contributed by atoms with Crippen molar-refractivity contribution in [2.45, 2.75) is 238 Å². The molecule has 0 aromatic carbocycles. The molecule has 0 aliphatic carbocycles. The Kier molecular flexibility index (Phi) is 56.5. The molecule has 0 radical (unpaired) electrons. The Morgan fingerprint density at radius 3 is 1.00 bits per heavy atom. The highest BCUT2D eigenvalue weighted by atomic mass is 31.2. The molecule has 0 spiro atoms. The predicted molar refractivity (Wildman–Crippen MR) is 341 cm³/mol. The number of phosphoric ester groups is 1. The number of carbonyl (C=O) groups excluding carboxylic acids is 2. The molecule has 0 amide bonds. The molecule has 10 heteroatoms. The quantitative estimate of drug-likeness (QED) is 0.0195. The first kappa shape index (κ1) is 75.9. The van der Waals surface area contributed by atoms with Crippen LogP contribution >= 0.6 is 7.82 Å². The van der Waals surface area contributed by atoms with Crippen molar-refractivity contribution in [3.63, 3.8) is 0 Å². The van der Waals surface area contributed by atoms with Crippen LogP contribution in [0.25, 0.3) is 0 Å². The van der Waals surface area contributed by atoms with Crippen LogP contribution in [-0.4, -0.2) is 70.0 Å². The number of phosphoric acid groups is 1. The van der Waals surface area contributed by atoms with E-state index in [1.54, 1.807) is 0 Å². The molecule has 0 aliphatic heterocycles. The number of rotatable bonds is 56. The Labute approximate surface area is 491 Å². The summed E-state index contributed by atoms with van der Waals surface area (Å²) in [4.78, 5) is 38.0. The third kappa shape index (κ3) is 63.1. The van der Waals surface area contributed by atoms with Crippen LogP contribution in [0.2, 0.25) is 0 Å². The zero-order valence-corrected chi connectivity index (χ0v) is 52.4. The number of quaternary nitrogens is 1. The molecule has 2 unspecified atom stereocenters. The van der Waals surface area contributed by atoms with E-state index in [4.69, 9.17) is 18.5 Å². The van der Waals surface area contributed by atoms with E-state index in [0.29, 0.717) is 23.9 Å². The predicted octanol–water partition coefficient (Wildman–Crippen LogP) is 19.6. The molecule has 0 aromatic heterocycles. The molecular formula is C70H116NO8P. The van der Waals surface area contributed by atoms with Gasteiger partial charge < -0.3 is 27.9 Å². The van der Waals surface area contributed by atoms with E-state index in [-0.39, 0.29) is 26.1 Å². The molecule has 0 bridgehead atoms. The number of likely N-dealkylation sites (N-methyl/N-ethyl adjacent to an activating group) is 1. The first-order valence-electron chi connectivity index (χ1n) is 31.5. The highest BCUT2D eigenvalue weighted by Gasteiger charge is 2.22. The van der Waals surface area contributed by atoms with Crippen molar-refractivity contribution in [1.29, 1.82) is 0 Å². The third-order valence-electron chi connectivity index (χ3n) is 12.9. The van der Waals surface area contributed by atoms with Crippen LogP contribution in [-0.2, 0) is 32.7 Å². The monoisotopic (exact) mass is 1130 g/mol. The van der Waals surface area contributed by atoms with Crippen LogP contribution < -0.4 is 4.89 Å². The first-order chi connectivity index (χ1) is 39.0. The Balaban J connectivity index is 4.16. The minimum absolute atomic E-state index is 0.0407. The maximum Gasteiger partial charge on any atom is 0.306 e. The van der Waals surface area contributed by atoms with Crippen molar-refractivity contribution >= 4 is 19.8 Å². The van der Waals surface area contributed by atoms with E-state index in [9.17, 15) is 19.0 Å². The smallest absolute Gasteiger partial charge is 0.306 e. The lowest BCUT2D eigenvalue weighted by molar-refractivity contribution is -0.870. The Morgan fingerprint density at radius 1 is 0.388 bits per heavy atom. The van der Waals surface area contributed by atoms with E-state index in [0.717, 1.165) is 128 Å². The number of allylic oxidation sites excluding steroid dienone is 24. The maximum absolute atomic E-state index is 12.8. The van der Waals surface area contributed by atoms with Crippen molar-refractivity contribution in [2.75, 3.05) is 47.5 Å². The van der Waals surface area contributed by atoms with E-state index in [2.05, 4.69) is 160 Å². The van der Waals surface area contributed by atoms with Gasteiger partial charge >= 0.3 is 11.9 Å². The number of carbonyl (C=O) groups is 2. The van der Waals surface area contributed by atoms with Gasteiger partial charge in [-0.3, -0.25) is 14.2 Å². The second-order valence-corrected chi connectivity index (χ2v) is 23.1. The van der Waals surface area contributed by atoms with Gasteiger partial charge in [-0.05, 0) is 116 Å². The van der Waals surface area contributed by atoms with Gasteiger partial charge in [0.25, 0.3) is 7.82 Å². The minimum Gasteiger partial charge on any atom is -0.756 e. The Hall–Kier alpha value is -4.11. The van der Waals surface area contributed by atoms with Crippen LogP contribution in [0.3, 0.4) is 0 Å². The zero-order chi connectivity index (χ0) is 58.4. The van der Waals surface area contributed by atoms with Crippen LogP contribution in [0.4, 0.5) is 0 Å². The van der Waals surface area contributed by atoms with Gasteiger partial charge in [0.1, 0.15) is 19.8 Å². The fourth-order valence-electron chi connectivity index (χ4n) is 8.07. The van der Waals surface area contributed by atoms with E-state index in [1.807, 2.05) is 21.1 Å². The van der Waals surface area contributed by atoms with Gasteiger partial charge in [-0.1, -0.05) is 250 Å². The summed E-state index contributed by atoms with van der Waals surface area (Å²) in [5.74, 6) is -0.856. The molecule has 0 aromatic rings. The van der Waals surface area contributed by atoms with Crippen LogP contribution in [0, 0.1) is 0 Å². The van der Waals surface area contributed by atoms with Crippen LogP contribution in [0.5, 0.6) is 0 Å². The molecule has 2 atom stereocenters. The Morgan fingerprint density at radius 2 is 0.675 bits per heavy atom. The lowest BCUT2D eigenvalue weighted by Gasteiger charge is -2.28. The standard InChI is InChI=1S/C70H116NO8P/c1-6-8-10-12-14-16-18-20-22-24-26-28-29-30-31-32-33-34-35-36-37-38-39-40-41-43-45-47-49-51-53-55-57-59-61-63-70(73)79-68(67-78-80(74,75)77-65-64-71(3,4)5)66-76-69(72)62-60-58-56-54-52-50-48-46-44-42-27-25-23-21-19-17-15-13-11-9-7-2/h8-11,14-17,20-23,26-28,30-31,33-34,36-37,39-40,42,68H,6-7,12-13,18-19,24-25,29,32,35,38,41,43-67H2,1-5H3/b10-8-,11-9-,16-14-,17-15-,22-20-,23-21-,28-26-,31-30-,34-33-,37-36-,40-39-,42-27-. The SMILES string of the molecule is CC/C=C\C/C=C\C/C=C\C/C=C\C/C=C\C/C=C\C/C=C\C/C=C\CCCCCCCCCCCCC(=O)OC(COC(=O)CCCCCCCCCC/C=C\C/C=C\C/C=C\C/C=C\CC)COP(=O)([O-])OCC[N+](C)(C)C. The lowest BCUT2D eigenvalue weighted by Crippen LogP contribution is -2.37. The number of hydrogen-bond acceptors (Lipinski definition) is 8. The average molecular weight is 1130 g/mol. The molecule has 80 heavy (non-hydrogen) atoms. The Bertz CT molecular complexity index is 1860. The summed E-state index contributed by atoms with van der Waals surface area (Å²) in [6.45, 7) is 3.99. The normalized spacial score (nSPS) is 14.2. The highest BCUT2D eigenvalue weighted by Crippen LogP contribution is 2.38. The maximum atomic E-state index is 12.8. The van der Waals surface area contributed by atoms with Crippen LogP contribution in [0.15, 0.2) is 146 Å². The van der Waals surface area contributed by atoms with Gasteiger partial charge in [-0.25, -0.2) is 0 Å². The summed E-state index contributed by atoms with van der Waals surface area (Å²) < 4.78 is 34.2. The zero-order valence-electron chi connectivity index (χ0n) is 51.5. The minimum atomic E-state index is -4.65. The number of unbranched alkanes of at least 4 members (excludes halogenated alkanes) is 18. The second-order valence-electron chi connectivity index (χ2n) is 21.7. The lowest BCUT2D eigenvalue weighted by atomic mass is 10.0. The molecule has 0 saturated carbocycles. The van der Waals surface area contributed by atoms with Crippen LogP contribution in [0.1, 0.15) is 232 Å². The fraction of sp³-hybridized carbons (Fsp3) is 0.629. The summed E-state index contributed by atoms with van der Waals surface area (Å²) in [6.07, 6.45) is 87.5. The number of esters is 2. The molecule has 0 heterocycles. The number of hydrogen-bond donors (Lipinski definition) is 0. The van der Waals surface area contributed by atoms with E-state index in [1.165, 1.54) is 64.2 Å². The van der Waals surface area contributed by atoms with Gasteiger partial charge in [0.15, 0.2) is 6.10 Å². The molecule has 454 valence electrons. The fourth-order valence-corrected chi connectivity index (χ4v) is 8.80. The van der Waals surface area contributed by atoms with E-state index < -0.39 is 32.5 Å². The molecule has 9 nitrogen and oxygen atoms in total. The van der Waals surface area contributed by atoms with Gasteiger partial charge in [0.05, 0.1) is 27.7 Å². The molecule has 0 N–H and O–H groups in total. The molecule has 0 aliphatic rings. The molecular weight excluding hydrogens is 1010 g/mol. The molecule has 0 saturated heterocycles. The first-order valence-corrected chi connectivity index (χ1v) is 33.0. The van der Waals surface area contributed by atoms with Crippen molar-refractivity contribution < 1.29 is 42.1 Å². The van der Waals surface area contributed by atoms with Gasteiger partial charge in [-0.2, -0.15) is 0 Å². The summed E-state index contributed by atoms with van der Waals surface area (Å²) in [5, 5.41) is 0. The van der Waals surface area contributed by atoms with Gasteiger partial charge in [-0.15, -0.1) is 0 Å². The van der Waals surface area contributed by atoms with Crippen molar-refractivity contribution in [2.24, 2.45) is 0 Å². The van der Waals surface area contributed by atoms with Gasteiger partial charge in [0, 0.05) is 12.8 Å². The summed E-state index contributed by atoms with van der Waals surface area (Å²) in [6, 6.07) is 0. The van der Waals surface area contributed by atoms with Crippen molar-refractivity contribution in [1.82, 2.24) is 0 Å². The van der Waals surface area contributed by atoms with Crippen molar-refractivity contribution in [3.8, 4) is 0 Å². The largest absolute Gasteiger partial charge is 0.756 e. The molecule has 0 fully saturated rings.